The van der Waals surface area contributed by atoms with Crippen molar-refractivity contribution in [2.24, 2.45) is 5.92 Å². The number of hydrogen-bond donors (Lipinski definition) is 3. The number of H-pyrrole nitrogens is 1. The molecule has 0 saturated heterocycles. The molecule has 8 nitrogen and oxygen atoms in total. The first kappa shape index (κ1) is 19.3. The Kier molecular flexibility index (Phi) is 6.21. The highest BCUT2D eigenvalue weighted by Crippen LogP contribution is 2.26. The van der Waals surface area contributed by atoms with Gasteiger partial charge in [-0.1, -0.05) is 19.9 Å². The molecule has 26 heavy (non-hydrogen) atoms. The van der Waals surface area contributed by atoms with Gasteiger partial charge >= 0.3 is 0 Å². The van der Waals surface area contributed by atoms with Gasteiger partial charge < -0.3 is 24.9 Å². The van der Waals surface area contributed by atoms with Crippen molar-refractivity contribution in [3.63, 3.8) is 0 Å². The standard InChI is InChI=1S/C18H23N3O5/c1-10(2)7-12-16(23)21-15(18(20-12)26-4)17(24)19-9-11-5-6-13(22)14(8-11)25-3/h5-6,8,10,22H,7,9H2,1-4H3,(H,19,24)(H,21,23). The molecule has 0 aliphatic heterocycles. The number of hydrogen-bond acceptors (Lipinski definition) is 6. The van der Waals surface area contributed by atoms with Gasteiger partial charge in [-0.25, -0.2) is 4.98 Å². The van der Waals surface area contributed by atoms with Crippen LogP contribution in [-0.4, -0.2) is 35.2 Å². The molecule has 0 unspecified atom stereocenters. The number of phenols is 1. The third kappa shape index (κ3) is 4.53. The quantitative estimate of drug-likeness (QED) is 0.691. The summed E-state index contributed by atoms with van der Waals surface area (Å²) in [6.45, 7) is 4.12. The predicted octanol–water partition coefficient (Wildman–Crippen LogP) is 1.62. The van der Waals surface area contributed by atoms with Crippen LogP contribution in [0.1, 0.15) is 35.6 Å². The van der Waals surface area contributed by atoms with Gasteiger partial charge in [0.1, 0.15) is 5.69 Å². The van der Waals surface area contributed by atoms with Gasteiger partial charge in [0.05, 0.1) is 14.2 Å². The molecular formula is C18H23N3O5. The van der Waals surface area contributed by atoms with Crippen molar-refractivity contribution in [1.82, 2.24) is 15.3 Å². The van der Waals surface area contributed by atoms with Gasteiger partial charge in [-0.2, -0.15) is 0 Å². The number of carbonyl (C=O) groups is 1. The maximum atomic E-state index is 12.4. The number of aromatic amines is 1. The van der Waals surface area contributed by atoms with Crippen molar-refractivity contribution < 1.29 is 19.4 Å². The van der Waals surface area contributed by atoms with Crippen molar-refractivity contribution in [3.05, 3.63) is 45.5 Å². The van der Waals surface area contributed by atoms with Gasteiger partial charge in [0.25, 0.3) is 11.5 Å². The minimum absolute atomic E-state index is 0.0125. The van der Waals surface area contributed by atoms with Crippen LogP contribution in [-0.2, 0) is 13.0 Å². The third-order valence-electron chi connectivity index (χ3n) is 3.67. The molecule has 1 heterocycles. The first-order valence-electron chi connectivity index (χ1n) is 8.17. The molecule has 0 radical (unpaired) electrons. The highest BCUT2D eigenvalue weighted by molar-refractivity contribution is 5.94. The van der Waals surface area contributed by atoms with Crippen LogP contribution < -0.4 is 20.3 Å². The molecule has 0 fully saturated rings. The molecule has 0 spiro atoms. The number of aromatic nitrogens is 2. The average molecular weight is 361 g/mol. The van der Waals surface area contributed by atoms with Crippen molar-refractivity contribution >= 4 is 5.91 Å². The Morgan fingerprint density at radius 3 is 2.65 bits per heavy atom. The Bertz CT molecular complexity index is 845. The van der Waals surface area contributed by atoms with E-state index in [2.05, 4.69) is 15.3 Å². The smallest absolute Gasteiger partial charge is 0.273 e. The van der Waals surface area contributed by atoms with Gasteiger partial charge in [0, 0.05) is 6.54 Å². The largest absolute Gasteiger partial charge is 0.504 e. The molecule has 3 N–H and O–H groups in total. The highest BCUT2D eigenvalue weighted by Gasteiger charge is 2.18. The molecule has 0 atom stereocenters. The second-order valence-electron chi connectivity index (χ2n) is 6.18. The van der Waals surface area contributed by atoms with E-state index >= 15 is 0 Å². The molecule has 2 aromatic rings. The Hall–Kier alpha value is -3.03. The monoisotopic (exact) mass is 361 g/mol. The molecule has 0 saturated carbocycles. The van der Waals surface area contributed by atoms with Crippen LogP contribution in [0.2, 0.25) is 0 Å². The Morgan fingerprint density at radius 2 is 2.04 bits per heavy atom. The van der Waals surface area contributed by atoms with Crippen LogP contribution in [0, 0.1) is 5.92 Å². The number of ether oxygens (including phenoxy) is 2. The number of nitrogens with zero attached hydrogens (tertiary/aromatic N) is 1. The van der Waals surface area contributed by atoms with E-state index < -0.39 is 11.5 Å². The summed E-state index contributed by atoms with van der Waals surface area (Å²) in [5.41, 5.74) is 0.613. The molecule has 140 valence electrons. The van der Waals surface area contributed by atoms with E-state index in [-0.39, 0.29) is 29.8 Å². The normalized spacial score (nSPS) is 10.7. The molecule has 2 rings (SSSR count). The maximum absolute atomic E-state index is 12.4. The Morgan fingerprint density at radius 1 is 1.31 bits per heavy atom. The van der Waals surface area contributed by atoms with Crippen LogP contribution >= 0.6 is 0 Å². The molecular weight excluding hydrogens is 338 g/mol. The van der Waals surface area contributed by atoms with Gasteiger partial charge in [-0.15, -0.1) is 0 Å². The summed E-state index contributed by atoms with van der Waals surface area (Å²) in [6.07, 6.45) is 0.487. The van der Waals surface area contributed by atoms with Crippen LogP contribution in [0.4, 0.5) is 0 Å². The Labute approximate surface area is 151 Å². The number of amides is 1. The molecule has 1 aromatic heterocycles. The van der Waals surface area contributed by atoms with Crippen LogP contribution in [0.5, 0.6) is 17.4 Å². The van der Waals surface area contributed by atoms with Crippen molar-refractivity contribution in [3.8, 4) is 17.4 Å². The molecule has 0 bridgehead atoms. The van der Waals surface area contributed by atoms with Gasteiger partial charge in [-0.3, -0.25) is 9.59 Å². The summed E-state index contributed by atoms with van der Waals surface area (Å²) < 4.78 is 10.2. The average Bonchev–Trinajstić information content (AvgIpc) is 2.61. The summed E-state index contributed by atoms with van der Waals surface area (Å²) in [5, 5.41) is 12.3. The zero-order valence-electron chi connectivity index (χ0n) is 15.3. The number of carbonyl (C=O) groups excluding carboxylic acids is 1. The van der Waals surface area contributed by atoms with Gasteiger partial charge in [-0.05, 0) is 30.0 Å². The van der Waals surface area contributed by atoms with Crippen molar-refractivity contribution in [1.29, 1.82) is 0 Å². The summed E-state index contributed by atoms with van der Waals surface area (Å²) in [5.74, 6) is 0.119. The number of rotatable bonds is 7. The van der Waals surface area contributed by atoms with E-state index in [1.807, 2.05) is 13.8 Å². The minimum atomic E-state index is -0.519. The molecule has 0 aliphatic carbocycles. The number of nitrogens with one attached hydrogen (secondary N) is 2. The lowest BCUT2D eigenvalue weighted by molar-refractivity contribution is 0.0941. The molecule has 8 heteroatoms. The fraction of sp³-hybridized carbons (Fsp3) is 0.389. The summed E-state index contributed by atoms with van der Waals surface area (Å²) in [6, 6.07) is 4.74. The van der Waals surface area contributed by atoms with E-state index in [1.165, 1.54) is 20.3 Å². The Balaban J connectivity index is 2.19. The van der Waals surface area contributed by atoms with Crippen LogP contribution in [0.15, 0.2) is 23.0 Å². The first-order chi connectivity index (χ1) is 12.3. The molecule has 1 amide bonds. The minimum Gasteiger partial charge on any atom is -0.504 e. The number of benzene rings is 1. The van der Waals surface area contributed by atoms with Crippen LogP contribution in [0.25, 0.3) is 0 Å². The summed E-state index contributed by atoms with van der Waals surface area (Å²) in [7, 11) is 2.83. The lowest BCUT2D eigenvalue weighted by Gasteiger charge is -2.11. The van der Waals surface area contributed by atoms with E-state index in [4.69, 9.17) is 9.47 Å². The van der Waals surface area contributed by atoms with E-state index in [9.17, 15) is 14.7 Å². The summed E-state index contributed by atoms with van der Waals surface area (Å²) >= 11 is 0. The van der Waals surface area contributed by atoms with Crippen LogP contribution in [0.3, 0.4) is 0 Å². The zero-order chi connectivity index (χ0) is 19.3. The maximum Gasteiger partial charge on any atom is 0.273 e. The SMILES string of the molecule is COc1cc(CNC(=O)c2[nH]c(=O)c(CC(C)C)nc2OC)ccc1O. The second kappa shape index (κ2) is 8.37. The fourth-order valence-electron chi connectivity index (χ4n) is 2.40. The van der Waals surface area contributed by atoms with E-state index in [1.54, 1.807) is 12.1 Å². The lowest BCUT2D eigenvalue weighted by atomic mass is 10.1. The van der Waals surface area contributed by atoms with E-state index in [0.29, 0.717) is 17.9 Å². The number of methoxy groups -OCH3 is 2. The van der Waals surface area contributed by atoms with Gasteiger partial charge in [0.15, 0.2) is 17.2 Å². The van der Waals surface area contributed by atoms with Crippen molar-refractivity contribution in [2.45, 2.75) is 26.8 Å². The van der Waals surface area contributed by atoms with E-state index in [0.717, 1.165) is 5.56 Å². The first-order valence-corrected chi connectivity index (χ1v) is 8.17. The van der Waals surface area contributed by atoms with Gasteiger partial charge in [0.2, 0.25) is 5.88 Å². The number of phenolic OH excluding ortho intramolecular Hbond substituents is 1. The predicted molar refractivity (Wildman–Crippen MR) is 95.8 cm³/mol. The lowest BCUT2D eigenvalue weighted by Crippen LogP contribution is -2.29. The zero-order valence-corrected chi connectivity index (χ0v) is 15.3. The highest BCUT2D eigenvalue weighted by atomic mass is 16.5. The number of aromatic hydroxyl groups is 1. The fourth-order valence-corrected chi connectivity index (χ4v) is 2.40. The van der Waals surface area contributed by atoms with Crippen molar-refractivity contribution in [2.75, 3.05) is 14.2 Å². The molecule has 0 aliphatic rings. The topological polar surface area (TPSA) is 114 Å². The summed E-state index contributed by atoms with van der Waals surface area (Å²) in [4.78, 5) is 31.3. The second-order valence-corrected chi connectivity index (χ2v) is 6.18. The third-order valence-corrected chi connectivity index (χ3v) is 3.67. The molecule has 1 aromatic carbocycles.